The summed E-state index contributed by atoms with van der Waals surface area (Å²) in [6.45, 7) is 5.76. The van der Waals surface area contributed by atoms with Gasteiger partial charge >= 0.3 is 5.97 Å². The standard InChI is InChI=1S/C21H25NO4/c1-5-14(2)18-11-6-7-12-19(18)22-20(23)15(3)26-21(24)16-9-8-10-17(13-16)25-4/h6-15H,5H2,1-4H3,(H,22,23)/t14-,15-/m0/s1. The van der Waals surface area contributed by atoms with Crippen LogP contribution in [0.15, 0.2) is 48.5 Å². The molecule has 0 bridgehead atoms. The summed E-state index contributed by atoms with van der Waals surface area (Å²) in [4.78, 5) is 24.7. The molecule has 0 aromatic heterocycles. The number of benzene rings is 2. The van der Waals surface area contributed by atoms with Crippen molar-refractivity contribution in [1.82, 2.24) is 0 Å². The first kappa shape index (κ1) is 19.5. The van der Waals surface area contributed by atoms with Crippen LogP contribution in [0.25, 0.3) is 0 Å². The smallest absolute Gasteiger partial charge is 0.339 e. The van der Waals surface area contributed by atoms with Crippen LogP contribution in [0.1, 0.15) is 49.0 Å². The third-order valence-electron chi connectivity index (χ3n) is 4.32. The molecule has 0 radical (unpaired) electrons. The zero-order chi connectivity index (χ0) is 19.1. The summed E-state index contributed by atoms with van der Waals surface area (Å²) in [5, 5.41) is 2.86. The van der Waals surface area contributed by atoms with Gasteiger partial charge in [-0.05, 0) is 49.1 Å². The normalized spacial score (nSPS) is 12.8. The van der Waals surface area contributed by atoms with E-state index in [1.54, 1.807) is 31.2 Å². The SMILES string of the molecule is CC[C@H](C)c1ccccc1NC(=O)[C@H](C)OC(=O)c1cccc(OC)c1. The van der Waals surface area contributed by atoms with Crippen molar-refractivity contribution in [2.75, 3.05) is 12.4 Å². The van der Waals surface area contributed by atoms with E-state index in [1.807, 2.05) is 24.3 Å². The fourth-order valence-electron chi connectivity index (χ4n) is 2.53. The van der Waals surface area contributed by atoms with E-state index < -0.39 is 12.1 Å². The second kappa shape index (κ2) is 9.04. The van der Waals surface area contributed by atoms with Gasteiger partial charge in [0.1, 0.15) is 5.75 Å². The molecule has 2 atom stereocenters. The molecule has 0 aliphatic carbocycles. The lowest BCUT2D eigenvalue weighted by Gasteiger charge is -2.18. The number of esters is 1. The van der Waals surface area contributed by atoms with Crippen LogP contribution in [0.4, 0.5) is 5.69 Å². The topological polar surface area (TPSA) is 64.6 Å². The van der Waals surface area contributed by atoms with Gasteiger partial charge in [0.25, 0.3) is 5.91 Å². The minimum absolute atomic E-state index is 0.321. The van der Waals surface area contributed by atoms with Crippen LogP contribution >= 0.6 is 0 Å². The molecule has 0 unspecified atom stereocenters. The molecule has 138 valence electrons. The summed E-state index contributed by atoms with van der Waals surface area (Å²) in [7, 11) is 1.52. The van der Waals surface area contributed by atoms with Crippen molar-refractivity contribution >= 4 is 17.6 Å². The van der Waals surface area contributed by atoms with E-state index in [2.05, 4.69) is 19.2 Å². The fourth-order valence-corrected chi connectivity index (χ4v) is 2.53. The van der Waals surface area contributed by atoms with Gasteiger partial charge in [-0.25, -0.2) is 4.79 Å². The van der Waals surface area contributed by atoms with Gasteiger partial charge in [-0.2, -0.15) is 0 Å². The molecule has 2 rings (SSSR count). The minimum atomic E-state index is -0.918. The average molecular weight is 355 g/mol. The maximum atomic E-state index is 12.5. The highest BCUT2D eigenvalue weighted by Crippen LogP contribution is 2.26. The lowest BCUT2D eigenvalue weighted by molar-refractivity contribution is -0.123. The third-order valence-corrected chi connectivity index (χ3v) is 4.32. The molecular formula is C21H25NO4. The number of hydrogen-bond donors (Lipinski definition) is 1. The van der Waals surface area contributed by atoms with E-state index in [4.69, 9.17) is 9.47 Å². The number of carbonyl (C=O) groups excluding carboxylic acids is 2. The van der Waals surface area contributed by atoms with Crippen LogP contribution in [0.5, 0.6) is 5.75 Å². The van der Waals surface area contributed by atoms with E-state index >= 15 is 0 Å². The molecule has 0 fully saturated rings. The molecular weight excluding hydrogens is 330 g/mol. The molecule has 0 saturated carbocycles. The highest BCUT2D eigenvalue weighted by molar-refractivity contribution is 5.97. The van der Waals surface area contributed by atoms with Crippen LogP contribution in [-0.4, -0.2) is 25.1 Å². The van der Waals surface area contributed by atoms with Crippen LogP contribution in [0.3, 0.4) is 0 Å². The molecule has 0 saturated heterocycles. The number of nitrogens with one attached hydrogen (secondary N) is 1. The number of rotatable bonds is 7. The lowest BCUT2D eigenvalue weighted by atomic mass is 9.97. The Hall–Kier alpha value is -2.82. The Morgan fingerprint density at radius 2 is 1.81 bits per heavy atom. The molecule has 2 aromatic rings. The van der Waals surface area contributed by atoms with Crippen molar-refractivity contribution in [3.8, 4) is 5.75 Å². The monoisotopic (exact) mass is 355 g/mol. The summed E-state index contributed by atoms with van der Waals surface area (Å²) < 4.78 is 10.4. The number of amides is 1. The van der Waals surface area contributed by atoms with Crippen LogP contribution in [0, 0.1) is 0 Å². The lowest BCUT2D eigenvalue weighted by Crippen LogP contribution is -2.30. The van der Waals surface area contributed by atoms with Gasteiger partial charge in [0, 0.05) is 5.69 Å². The van der Waals surface area contributed by atoms with Gasteiger partial charge in [-0.3, -0.25) is 4.79 Å². The van der Waals surface area contributed by atoms with Crippen molar-refractivity contribution < 1.29 is 19.1 Å². The zero-order valence-electron chi connectivity index (χ0n) is 15.6. The minimum Gasteiger partial charge on any atom is -0.497 e. The highest BCUT2D eigenvalue weighted by atomic mass is 16.5. The number of carbonyl (C=O) groups is 2. The molecule has 0 spiro atoms. The van der Waals surface area contributed by atoms with Crippen molar-refractivity contribution in [2.24, 2.45) is 0 Å². The van der Waals surface area contributed by atoms with Gasteiger partial charge in [-0.15, -0.1) is 0 Å². The quantitative estimate of drug-likeness (QED) is 0.748. The molecule has 0 aliphatic rings. The Morgan fingerprint density at radius 3 is 2.50 bits per heavy atom. The second-order valence-corrected chi connectivity index (χ2v) is 6.17. The molecule has 26 heavy (non-hydrogen) atoms. The zero-order valence-corrected chi connectivity index (χ0v) is 15.6. The number of para-hydroxylation sites is 1. The molecule has 5 nitrogen and oxygen atoms in total. The maximum absolute atomic E-state index is 12.5. The maximum Gasteiger partial charge on any atom is 0.339 e. The Kier molecular flexibility index (Phi) is 6.78. The van der Waals surface area contributed by atoms with E-state index in [-0.39, 0.29) is 5.91 Å². The largest absolute Gasteiger partial charge is 0.497 e. The second-order valence-electron chi connectivity index (χ2n) is 6.17. The third kappa shape index (κ3) is 4.85. The van der Waals surface area contributed by atoms with E-state index in [9.17, 15) is 9.59 Å². The van der Waals surface area contributed by atoms with E-state index in [0.717, 1.165) is 17.7 Å². The summed E-state index contributed by atoms with van der Waals surface area (Å²) in [6, 6.07) is 14.3. The Morgan fingerprint density at radius 1 is 1.08 bits per heavy atom. The molecule has 1 N–H and O–H groups in total. The van der Waals surface area contributed by atoms with Gasteiger partial charge in [-0.1, -0.05) is 38.1 Å². The molecule has 0 aliphatic heterocycles. The first-order chi connectivity index (χ1) is 12.5. The molecule has 1 amide bonds. The number of methoxy groups -OCH3 is 1. The first-order valence-corrected chi connectivity index (χ1v) is 8.71. The van der Waals surface area contributed by atoms with Crippen molar-refractivity contribution in [3.63, 3.8) is 0 Å². The molecule has 2 aromatic carbocycles. The van der Waals surface area contributed by atoms with Crippen molar-refractivity contribution in [3.05, 3.63) is 59.7 Å². The van der Waals surface area contributed by atoms with Gasteiger partial charge in [0.2, 0.25) is 0 Å². The van der Waals surface area contributed by atoms with Gasteiger partial charge < -0.3 is 14.8 Å². The van der Waals surface area contributed by atoms with Crippen molar-refractivity contribution in [2.45, 2.75) is 39.2 Å². The number of anilines is 1. The summed E-state index contributed by atoms with van der Waals surface area (Å²) in [5.41, 5.74) is 2.15. The predicted molar refractivity (Wildman–Crippen MR) is 102 cm³/mol. The van der Waals surface area contributed by atoms with Crippen LogP contribution in [0.2, 0.25) is 0 Å². The summed E-state index contributed by atoms with van der Waals surface area (Å²) >= 11 is 0. The van der Waals surface area contributed by atoms with Crippen LogP contribution < -0.4 is 10.1 Å². The Labute approximate surface area is 154 Å². The van der Waals surface area contributed by atoms with Gasteiger partial charge in [0.05, 0.1) is 12.7 Å². The highest BCUT2D eigenvalue weighted by Gasteiger charge is 2.20. The Bertz CT molecular complexity index is 772. The molecule has 5 heteroatoms. The number of hydrogen-bond acceptors (Lipinski definition) is 4. The Balaban J connectivity index is 2.05. The van der Waals surface area contributed by atoms with Crippen LogP contribution in [-0.2, 0) is 9.53 Å². The van der Waals surface area contributed by atoms with E-state index in [0.29, 0.717) is 17.2 Å². The predicted octanol–water partition coefficient (Wildman–Crippen LogP) is 4.39. The summed E-state index contributed by atoms with van der Waals surface area (Å²) in [5.74, 6) is -0.0565. The fraction of sp³-hybridized carbons (Fsp3) is 0.333. The van der Waals surface area contributed by atoms with Crippen molar-refractivity contribution in [1.29, 1.82) is 0 Å². The first-order valence-electron chi connectivity index (χ1n) is 8.71. The molecule has 0 heterocycles. The van der Waals surface area contributed by atoms with E-state index in [1.165, 1.54) is 7.11 Å². The average Bonchev–Trinajstić information content (AvgIpc) is 2.67. The summed E-state index contributed by atoms with van der Waals surface area (Å²) in [6.07, 6.45) is 0.0477. The van der Waals surface area contributed by atoms with Gasteiger partial charge in [0.15, 0.2) is 6.10 Å². The number of ether oxygens (including phenoxy) is 2.